The second kappa shape index (κ2) is 13.5. The molecule has 7 rings (SSSR count). The minimum atomic E-state index is -1.50. The van der Waals surface area contributed by atoms with Crippen molar-refractivity contribution in [2.75, 3.05) is 33.3 Å². The molecule has 0 bridgehead atoms. The summed E-state index contributed by atoms with van der Waals surface area (Å²) in [6, 6.07) is 15.0. The van der Waals surface area contributed by atoms with Crippen molar-refractivity contribution in [3.8, 4) is 23.0 Å². The number of imide groups is 2. The molecule has 2 aliphatic heterocycles. The molecule has 13 heteroatoms. The van der Waals surface area contributed by atoms with E-state index in [1.807, 2.05) is 12.2 Å². The standard InChI is InChI=1S/C39H37Cl2N3O8/c1-5-43-35(46)25-13-12-24-26(33(25)37(43)48)19-28-36(47)44(42-30-15-9-22(40)18-29(30)41)38(49)39(28,21-7-10-23(50-2)11-8-21)27(24)14-6-20-16-31(51-3)34(45)32(17-20)52-4/h6-12,14-18,25-28,33,42,45H,5,13,19H2,1-4H3/t25-,26+,27-,28-,33-,39-/m0/s1. The number of hydrogen-bond acceptors (Lipinski definition) is 9. The van der Waals surface area contributed by atoms with Crippen LogP contribution in [0.3, 0.4) is 0 Å². The van der Waals surface area contributed by atoms with Gasteiger partial charge in [0, 0.05) is 17.5 Å². The Labute approximate surface area is 310 Å². The van der Waals surface area contributed by atoms with Gasteiger partial charge in [0.1, 0.15) is 5.75 Å². The van der Waals surface area contributed by atoms with Gasteiger partial charge in [-0.15, -0.1) is 0 Å². The van der Waals surface area contributed by atoms with Crippen molar-refractivity contribution in [3.63, 3.8) is 0 Å². The maximum atomic E-state index is 15.3. The average Bonchev–Trinajstić information content (AvgIpc) is 3.52. The van der Waals surface area contributed by atoms with Crippen molar-refractivity contribution >= 4 is 58.6 Å². The zero-order valence-electron chi connectivity index (χ0n) is 28.9. The molecule has 3 aromatic rings. The van der Waals surface area contributed by atoms with Crippen molar-refractivity contribution in [1.29, 1.82) is 0 Å². The molecule has 0 unspecified atom stereocenters. The van der Waals surface area contributed by atoms with Crippen molar-refractivity contribution in [1.82, 2.24) is 9.91 Å². The Hall–Kier alpha value is -5.00. The quantitative estimate of drug-likeness (QED) is 0.192. The molecule has 0 spiro atoms. The van der Waals surface area contributed by atoms with Gasteiger partial charge in [0.05, 0.1) is 55.2 Å². The van der Waals surface area contributed by atoms with Gasteiger partial charge >= 0.3 is 0 Å². The lowest BCUT2D eigenvalue weighted by Gasteiger charge is -2.49. The summed E-state index contributed by atoms with van der Waals surface area (Å²) >= 11 is 12.7. The van der Waals surface area contributed by atoms with Crippen LogP contribution in [0.1, 0.15) is 30.9 Å². The van der Waals surface area contributed by atoms with Crippen molar-refractivity contribution < 1.29 is 38.5 Å². The van der Waals surface area contributed by atoms with Gasteiger partial charge in [-0.25, -0.2) is 0 Å². The molecule has 52 heavy (non-hydrogen) atoms. The highest BCUT2D eigenvalue weighted by atomic mass is 35.5. The molecule has 6 atom stereocenters. The first-order valence-corrected chi connectivity index (χ1v) is 17.7. The van der Waals surface area contributed by atoms with E-state index in [1.54, 1.807) is 68.6 Å². The number of allylic oxidation sites excluding steroid dienone is 3. The van der Waals surface area contributed by atoms with Crippen molar-refractivity contribution in [2.24, 2.45) is 29.6 Å². The molecule has 2 aliphatic carbocycles. The lowest BCUT2D eigenvalue weighted by molar-refractivity contribution is -0.141. The fourth-order valence-electron chi connectivity index (χ4n) is 8.68. The van der Waals surface area contributed by atoms with Gasteiger partial charge in [-0.2, -0.15) is 5.01 Å². The van der Waals surface area contributed by atoms with E-state index in [2.05, 4.69) is 5.43 Å². The number of fused-ring (bicyclic) bond motifs is 4. The van der Waals surface area contributed by atoms with E-state index >= 15 is 4.79 Å². The molecule has 11 nitrogen and oxygen atoms in total. The van der Waals surface area contributed by atoms with Crippen LogP contribution in [0.4, 0.5) is 5.69 Å². The van der Waals surface area contributed by atoms with E-state index in [9.17, 15) is 19.5 Å². The SMILES string of the molecule is CCN1C(=O)[C@H]2[C@H](CC=C3[C@H]2C[C@H]2C(=O)N(Nc4ccc(Cl)cc4Cl)C(=O)[C@@]2(c2ccc(OC)cc2)[C@H]3C=Cc2cc(OC)c(O)c(OC)c2)C1=O. The molecule has 4 aliphatic rings. The van der Waals surface area contributed by atoms with Gasteiger partial charge in [0.25, 0.3) is 11.8 Å². The zero-order valence-corrected chi connectivity index (χ0v) is 30.4. The first-order chi connectivity index (χ1) is 25.0. The predicted molar refractivity (Wildman–Crippen MR) is 194 cm³/mol. The fourth-order valence-corrected chi connectivity index (χ4v) is 9.13. The second-order valence-electron chi connectivity index (χ2n) is 13.3. The Bertz CT molecular complexity index is 2020. The largest absolute Gasteiger partial charge is 0.502 e. The number of nitrogens with one attached hydrogen (secondary N) is 1. The number of benzene rings is 3. The molecular formula is C39H37Cl2N3O8. The molecule has 2 heterocycles. The number of carbonyl (C=O) groups is 4. The van der Waals surface area contributed by atoms with E-state index in [0.717, 1.165) is 10.6 Å². The number of methoxy groups -OCH3 is 3. The van der Waals surface area contributed by atoms with E-state index < -0.39 is 46.8 Å². The Morgan fingerprint density at radius 3 is 2.21 bits per heavy atom. The lowest BCUT2D eigenvalue weighted by Crippen LogP contribution is -2.54. The number of phenolic OH excluding ortho intramolecular Hbond substituents is 1. The van der Waals surface area contributed by atoms with Crippen LogP contribution in [0.2, 0.25) is 10.0 Å². The van der Waals surface area contributed by atoms with Crippen LogP contribution < -0.4 is 19.6 Å². The van der Waals surface area contributed by atoms with Gasteiger partial charge in [0.2, 0.25) is 17.6 Å². The molecule has 4 amide bonds. The Balaban J connectivity index is 1.45. The second-order valence-corrected chi connectivity index (χ2v) is 14.2. The number of anilines is 1. The van der Waals surface area contributed by atoms with Crippen LogP contribution in [-0.2, 0) is 24.6 Å². The molecule has 3 fully saturated rings. The number of halogens is 2. The van der Waals surface area contributed by atoms with Crippen LogP contribution in [0, 0.1) is 29.6 Å². The highest BCUT2D eigenvalue weighted by Crippen LogP contribution is 2.61. The summed E-state index contributed by atoms with van der Waals surface area (Å²) in [5, 5.41) is 12.2. The van der Waals surface area contributed by atoms with Gasteiger partial charge in [-0.3, -0.25) is 29.5 Å². The van der Waals surface area contributed by atoms with Gasteiger partial charge in [0.15, 0.2) is 11.5 Å². The topological polar surface area (TPSA) is 135 Å². The van der Waals surface area contributed by atoms with Crippen molar-refractivity contribution in [3.05, 3.63) is 93.5 Å². The number of aromatic hydroxyl groups is 1. The minimum Gasteiger partial charge on any atom is -0.502 e. The van der Waals surface area contributed by atoms with E-state index in [4.69, 9.17) is 37.4 Å². The maximum Gasteiger partial charge on any atom is 0.260 e. The van der Waals surface area contributed by atoms with E-state index in [1.165, 1.54) is 25.2 Å². The molecule has 1 saturated carbocycles. The smallest absolute Gasteiger partial charge is 0.260 e. The summed E-state index contributed by atoms with van der Waals surface area (Å²) in [5.74, 6) is -4.19. The average molecular weight is 747 g/mol. The number of hydrogen-bond donors (Lipinski definition) is 2. The number of amides is 4. The number of phenols is 1. The van der Waals surface area contributed by atoms with Crippen LogP contribution in [0.15, 0.2) is 72.3 Å². The number of nitrogens with zero attached hydrogens (tertiary/aromatic N) is 2. The lowest BCUT2D eigenvalue weighted by atomic mass is 9.50. The molecule has 2 saturated heterocycles. The fraction of sp³-hybridized carbons (Fsp3) is 0.333. The third kappa shape index (κ3) is 5.32. The number of hydrazine groups is 1. The summed E-state index contributed by atoms with van der Waals surface area (Å²) in [6.45, 7) is 2.02. The Morgan fingerprint density at radius 2 is 1.60 bits per heavy atom. The number of carbonyl (C=O) groups excluding carboxylic acids is 4. The van der Waals surface area contributed by atoms with Gasteiger partial charge < -0.3 is 19.3 Å². The number of rotatable bonds is 9. The minimum absolute atomic E-state index is 0.151. The summed E-state index contributed by atoms with van der Waals surface area (Å²) in [5.41, 5.74) is 3.76. The normalized spacial score (nSPS) is 26.7. The van der Waals surface area contributed by atoms with E-state index in [-0.39, 0.29) is 47.1 Å². The summed E-state index contributed by atoms with van der Waals surface area (Å²) in [6.07, 6.45) is 6.10. The zero-order chi connectivity index (χ0) is 37.1. The summed E-state index contributed by atoms with van der Waals surface area (Å²) in [4.78, 5) is 58.7. The molecule has 2 N–H and O–H groups in total. The monoisotopic (exact) mass is 745 g/mol. The first kappa shape index (κ1) is 35.4. The van der Waals surface area contributed by atoms with Crippen LogP contribution in [-0.4, -0.2) is 66.5 Å². The van der Waals surface area contributed by atoms with E-state index in [0.29, 0.717) is 34.0 Å². The number of ether oxygens (including phenoxy) is 3. The summed E-state index contributed by atoms with van der Waals surface area (Å²) in [7, 11) is 4.40. The Kier molecular flexibility index (Phi) is 9.21. The predicted octanol–water partition coefficient (Wildman–Crippen LogP) is 6.28. The molecular weight excluding hydrogens is 709 g/mol. The first-order valence-electron chi connectivity index (χ1n) is 16.9. The van der Waals surface area contributed by atoms with Crippen molar-refractivity contribution in [2.45, 2.75) is 25.2 Å². The van der Waals surface area contributed by atoms with Gasteiger partial charge in [-0.1, -0.05) is 59.1 Å². The summed E-state index contributed by atoms with van der Waals surface area (Å²) < 4.78 is 16.3. The molecule has 0 aromatic heterocycles. The third-order valence-corrected chi connectivity index (χ3v) is 11.6. The molecule has 0 radical (unpaired) electrons. The van der Waals surface area contributed by atoms with Crippen LogP contribution in [0.25, 0.3) is 6.08 Å². The number of likely N-dealkylation sites (tertiary alicyclic amines) is 1. The maximum absolute atomic E-state index is 15.3. The third-order valence-electron chi connectivity index (χ3n) is 11.0. The van der Waals surface area contributed by atoms with Crippen LogP contribution >= 0.6 is 23.2 Å². The van der Waals surface area contributed by atoms with Crippen LogP contribution in [0.5, 0.6) is 23.0 Å². The highest BCUT2D eigenvalue weighted by molar-refractivity contribution is 6.36. The van der Waals surface area contributed by atoms with Gasteiger partial charge in [-0.05, 0) is 79.3 Å². The highest BCUT2D eigenvalue weighted by Gasteiger charge is 2.69. The molecule has 3 aromatic carbocycles. The molecule has 270 valence electrons. The Morgan fingerprint density at radius 1 is 0.904 bits per heavy atom.